The second kappa shape index (κ2) is 7.76. The molecule has 0 saturated carbocycles. The van der Waals surface area contributed by atoms with Crippen molar-refractivity contribution in [3.05, 3.63) is 23.8 Å². The van der Waals surface area contributed by atoms with Gasteiger partial charge in [-0.1, -0.05) is 19.9 Å². The van der Waals surface area contributed by atoms with Crippen molar-refractivity contribution < 1.29 is 14.6 Å². The summed E-state index contributed by atoms with van der Waals surface area (Å²) in [6.07, 6.45) is 0.838. The van der Waals surface area contributed by atoms with Crippen molar-refractivity contribution in [3.63, 3.8) is 0 Å². The van der Waals surface area contributed by atoms with E-state index >= 15 is 0 Å². The van der Waals surface area contributed by atoms with Crippen LogP contribution in [0.25, 0.3) is 0 Å². The number of rotatable bonds is 8. The van der Waals surface area contributed by atoms with Gasteiger partial charge in [0.05, 0.1) is 0 Å². The van der Waals surface area contributed by atoms with E-state index in [0.717, 1.165) is 30.2 Å². The van der Waals surface area contributed by atoms with Crippen LogP contribution in [0.15, 0.2) is 18.2 Å². The highest BCUT2D eigenvalue weighted by molar-refractivity contribution is 7.99. The fourth-order valence-corrected chi connectivity index (χ4v) is 3.28. The van der Waals surface area contributed by atoms with Crippen molar-refractivity contribution in [1.29, 1.82) is 0 Å². The zero-order chi connectivity index (χ0) is 14.4. The predicted octanol–water partition coefficient (Wildman–Crippen LogP) is 2.57. The van der Waals surface area contributed by atoms with E-state index in [4.69, 9.17) is 14.6 Å². The number of aliphatic hydroxyl groups is 1. The first-order valence-electron chi connectivity index (χ1n) is 7.10. The molecule has 0 radical (unpaired) electrons. The fourth-order valence-electron chi connectivity index (χ4n) is 2.17. The lowest BCUT2D eigenvalue weighted by molar-refractivity contribution is 0.174. The number of ether oxygens (including phenoxy) is 2. The lowest BCUT2D eigenvalue weighted by Gasteiger charge is -2.20. The summed E-state index contributed by atoms with van der Waals surface area (Å²) in [4.78, 5) is 0. The van der Waals surface area contributed by atoms with Crippen LogP contribution in [0.1, 0.15) is 31.9 Å². The number of aliphatic hydroxyl groups excluding tert-OH is 1. The van der Waals surface area contributed by atoms with Gasteiger partial charge in [-0.25, -0.2) is 0 Å². The first-order chi connectivity index (χ1) is 9.74. The SMILES string of the molecule is CCNC(CSC(C)CCO)c1ccc2c(c1)OCO2. The minimum atomic E-state index is 0.254. The topological polar surface area (TPSA) is 50.7 Å². The average Bonchev–Trinajstić information content (AvgIpc) is 2.91. The van der Waals surface area contributed by atoms with Crippen LogP contribution < -0.4 is 14.8 Å². The Morgan fingerprint density at radius 1 is 1.35 bits per heavy atom. The molecular formula is C15H23NO3S. The number of benzene rings is 1. The van der Waals surface area contributed by atoms with Crippen molar-refractivity contribution in [3.8, 4) is 11.5 Å². The Kier molecular flexibility index (Phi) is 6.01. The highest BCUT2D eigenvalue weighted by Crippen LogP contribution is 2.35. The zero-order valence-corrected chi connectivity index (χ0v) is 12.9. The van der Waals surface area contributed by atoms with Gasteiger partial charge in [0.2, 0.25) is 6.79 Å². The van der Waals surface area contributed by atoms with E-state index in [0.29, 0.717) is 18.1 Å². The summed E-state index contributed by atoms with van der Waals surface area (Å²) >= 11 is 1.88. The molecule has 1 aliphatic heterocycles. The minimum absolute atomic E-state index is 0.254. The van der Waals surface area contributed by atoms with E-state index in [1.54, 1.807) is 0 Å². The third-order valence-electron chi connectivity index (χ3n) is 3.33. The molecule has 1 aromatic carbocycles. The van der Waals surface area contributed by atoms with E-state index in [9.17, 15) is 0 Å². The predicted molar refractivity (Wildman–Crippen MR) is 82.6 cm³/mol. The third kappa shape index (κ3) is 4.04. The van der Waals surface area contributed by atoms with Gasteiger partial charge in [-0.15, -0.1) is 0 Å². The van der Waals surface area contributed by atoms with Crippen molar-refractivity contribution in [2.45, 2.75) is 31.6 Å². The number of thioether (sulfide) groups is 1. The molecule has 1 heterocycles. The lowest BCUT2D eigenvalue weighted by atomic mass is 10.1. The molecule has 0 aromatic heterocycles. The van der Waals surface area contributed by atoms with Crippen molar-refractivity contribution in [2.75, 3.05) is 25.7 Å². The molecule has 4 nitrogen and oxygen atoms in total. The lowest BCUT2D eigenvalue weighted by Crippen LogP contribution is -2.23. The number of fused-ring (bicyclic) bond motifs is 1. The minimum Gasteiger partial charge on any atom is -0.454 e. The number of hydrogen-bond acceptors (Lipinski definition) is 5. The summed E-state index contributed by atoms with van der Waals surface area (Å²) in [5, 5.41) is 12.9. The Morgan fingerprint density at radius 3 is 2.90 bits per heavy atom. The molecule has 0 fully saturated rings. The van der Waals surface area contributed by atoms with E-state index in [1.807, 2.05) is 17.8 Å². The van der Waals surface area contributed by atoms with Crippen molar-refractivity contribution >= 4 is 11.8 Å². The summed E-state index contributed by atoms with van der Waals surface area (Å²) in [6, 6.07) is 6.43. The summed E-state index contributed by atoms with van der Waals surface area (Å²) in [5.74, 6) is 2.64. The molecule has 0 amide bonds. The second-order valence-corrected chi connectivity index (χ2v) is 6.35. The fraction of sp³-hybridized carbons (Fsp3) is 0.600. The molecule has 1 aliphatic rings. The molecule has 5 heteroatoms. The maximum Gasteiger partial charge on any atom is 0.231 e. The summed E-state index contributed by atoms with van der Waals surface area (Å²) in [6.45, 7) is 5.76. The van der Waals surface area contributed by atoms with Crippen LogP contribution >= 0.6 is 11.8 Å². The quantitative estimate of drug-likeness (QED) is 0.772. The van der Waals surface area contributed by atoms with Crippen LogP contribution in [0.2, 0.25) is 0 Å². The average molecular weight is 297 g/mol. The first kappa shape index (κ1) is 15.5. The van der Waals surface area contributed by atoms with Crippen molar-refractivity contribution in [1.82, 2.24) is 5.32 Å². The van der Waals surface area contributed by atoms with Gasteiger partial charge < -0.3 is 19.9 Å². The Labute approximate surface area is 124 Å². The molecule has 2 N–H and O–H groups in total. The molecule has 1 aromatic rings. The zero-order valence-electron chi connectivity index (χ0n) is 12.1. The molecule has 0 bridgehead atoms. The third-order valence-corrected chi connectivity index (χ3v) is 4.66. The smallest absolute Gasteiger partial charge is 0.231 e. The van der Waals surface area contributed by atoms with Gasteiger partial charge >= 0.3 is 0 Å². The van der Waals surface area contributed by atoms with Crippen LogP contribution in [-0.2, 0) is 0 Å². The van der Waals surface area contributed by atoms with Crippen LogP contribution in [-0.4, -0.2) is 36.1 Å². The maximum absolute atomic E-state index is 8.97. The Balaban J connectivity index is 2.00. The van der Waals surface area contributed by atoms with Gasteiger partial charge in [0.25, 0.3) is 0 Å². The monoisotopic (exact) mass is 297 g/mol. The van der Waals surface area contributed by atoms with Gasteiger partial charge in [-0.3, -0.25) is 0 Å². The standard InChI is InChI=1S/C15H23NO3S/c1-3-16-13(9-20-11(2)6-7-17)12-4-5-14-15(8-12)19-10-18-14/h4-5,8,11,13,16-17H,3,6-7,9-10H2,1-2H3. The summed E-state index contributed by atoms with van der Waals surface area (Å²) in [7, 11) is 0. The summed E-state index contributed by atoms with van der Waals surface area (Å²) < 4.78 is 10.8. The van der Waals surface area contributed by atoms with Gasteiger partial charge in [0, 0.05) is 23.7 Å². The normalized spacial score (nSPS) is 16.1. The van der Waals surface area contributed by atoms with E-state index in [-0.39, 0.29) is 6.61 Å². The van der Waals surface area contributed by atoms with E-state index in [2.05, 4.69) is 31.3 Å². The highest BCUT2D eigenvalue weighted by Gasteiger charge is 2.18. The largest absolute Gasteiger partial charge is 0.454 e. The molecule has 0 aliphatic carbocycles. The first-order valence-corrected chi connectivity index (χ1v) is 8.14. The van der Waals surface area contributed by atoms with Gasteiger partial charge in [-0.05, 0) is 30.7 Å². The maximum atomic E-state index is 8.97. The second-order valence-electron chi connectivity index (χ2n) is 4.88. The number of nitrogens with one attached hydrogen (secondary N) is 1. The van der Waals surface area contributed by atoms with Gasteiger partial charge in [0.15, 0.2) is 11.5 Å². The molecule has 2 unspecified atom stereocenters. The molecule has 2 rings (SSSR count). The Hall–Kier alpha value is -0.910. The van der Waals surface area contributed by atoms with Crippen LogP contribution in [0.5, 0.6) is 11.5 Å². The van der Waals surface area contributed by atoms with Gasteiger partial charge in [-0.2, -0.15) is 11.8 Å². The molecule has 0 saturated heterocycles. The van der Waals surface area contributed by atoms with Crippen molar-refractivity contribution in [2.24, 2.45) is 0 Å². The molecule has 112 valence electrons. The molecule has 0 spiro atoms. The molecule has 2 atom stereocenters. The Morgan fingerprint density at radius 2 is 2.15 bits per heavy atom. The van der Waals surface area contributed by atoms with E-state index < -0.39 is 0 Å². The molecular weight excluding hydrogens is 274 g/mol. The van der Waals surface area contributed by atoms with E-state index in [1.165, 1.54) is 5.56 Å². The number of hydrogen-bond donors (Lipinski definition) is 2. The molecule has 20 heavy (non-hydrogen) atoms. The van der Waals surface area contributed by atoms with Crippen LogP contribution in [0.4, 0.5) is 0 Å². The summed E-state index contributed by atoms with van der Waals surface area (Å²) in [5.41, 5.74) is 1.22. The van der Waals surface area contributed by atoms with Crippen LogP contribution in [0, 0.1) is 0 Å². The highest BCUT2D eigenvalue weighted by atomic mass is 32.2. The van der Waals surface area contributed by atoms with Crippen LogP contribution in [0.3, 0.4) is 0 Å². The Bertz CT molecular complexity index is 428. The van der Waals surface area contributed by atoms with Gasteiger partial charge in [0.1, 0.15) is 0 Å².